The molecule has 2 amide bonds. The number of carbonyl (C=O) groups excluding carboxylic acids is 2. The number of amides is 2. The number of hydrogen-bond donors (Lipinski definition) is 2. The number of alkyl carbamates (subject to hydrolysis) is 1. The van der Waals surface area contributed by atoms with Gasteiger partial charge in [0.2, 0.25) is 0 Å². The van der Waals surface area contributed by atoms with E-state index in [0.29, 0.717) is 0 Å². The number of hydrogen-bond acceptors (Lipinski definition) is 5. The van der Waals surface area contributed by atoms with E-state index in [9.17, 15) is 9.59 Å². The molecule has 0 aliphatic heterocycles. The summed E-state index contributed by atoms with van der Waals surface area (Å²) in [6.07, 6.45) is -0.0786. The molecule has 0 aromatic carbocycles. The summed E-state index contributed by atoms with van der Waals surface area (Å²) >= 11 is 1.04. The summed E-state index contributed by atoms with van der Waals surface area (Å²) in [6.45, 7) is 1.41. The topological polar surface area (TPSA) is 90.7 Å². The number of primary amides is 1. The normalized spacial score (nSPS) is 14.1. The molecule has 0 bridgehead atoms. The van der Waals surface area contributed by atoms with Crippen LogP contribution in [0.4, 0.5) is 9.59 Å². The molecule has 1 atom stereocenters. The highest BCUT2D eigenvalue weighted by Crippen LogP contribution is 2.25. The largest absolute Gasteiger partial charge is 0.410 e. The smallest absolute Gasteiger partial charge is 0.397 e. The van der Waals surface area contributed by atoms with Crippen LogP contribution < -0.4 is 11.1 Å². The highest BCUT2D eigenvalue weighted by Gasteiger charge is 2.31. The van der Waals surface area contributed by atoms with Crippen molar-refractivity contribution in [3.63, 3.8) is 0 Å². The second kappa shape index (κ2) is 4.80. The Morgan fingerprint density at radius 3 is 2.31 bits per heavy atom. The van der Waals surface area contributed by atoms with Crippen molar-refractivity contribution >= 4 is 23.9 Å². The van der Waals surface area contributed by atoms with Crippen LogP contribution in [0.3, 0.4) is 0 Å². The minimum Gasteiger partial charge on any atom is -0.397 e. The quantitative estimate of drug-likeness (QED) is 0.658. The first-order valence-electron chi connectivity index (χ1n) is 3.38. The van der Waals surface area contributed by atoms with Crippen LogP contribution in [0, 0.1) is 0 Å². The van der Waals surface area contributed by atoms with Gasteiger partial charge in [0.15, 0.2) is 0 Å². The molecule has 0 aromatic rings. The van der Waals surface area contributed by atoms with Crippen LogP contribution in [0.25, 0.3) is 0 Å². The summed E-state index contributed by atoms with van der Waals surface area (Å²) in [5.74, 6) is 0. The lowest BCUT2D eigenvalue weighted by atomic mass is 10.7. The van der Waals surface area contributed by atoms with Crippen LogP contribution in [0.15, 0.2) is 0 Å². The van der Waals surface area contributed by atoms with E-state index in [1.807, 2.05) is 0 Å². The minimum absolute atomic E-state index is 0.696. The van der Waals surface area contributed by atoms with Gasteiger partial charge in [-0.3, -0.25) is 0 Å². The molecule has 0 aliphatic carbocycles. The lowest BCUT2D eigenvalue weighted by molar-refractivity contribution is -0.0732. The number of ether oxygens (including phenoxy) is 2. The van der Waals surface area contributed by atoms with E-state index in [1.165, 1.54) is 14.0 Å². The van der Waals surface area contributed by atoms with Crippen LogP contribution >= 0.6 is 11.8 Å². The Morgan fingerprint density at radius 2 is 2.00 bits per heavy atom. The molecule has 0 spiro atoms. The highest BCUT2D eigenvalue weighted by molar-refractivity contribution is 7.99. The van der Waals surface area contributed by atoms with Crippen molar-refractivity contribution in [3.05, 3.63) is 0 Å². The number of thioether (sulfide) groups is 1. The standard InChI is InChI=1S/C6H12N2O4S/c1-6(13-3,11-4(7)9)12-5(10)8-2/h1-3H3,(H2,7,9)(H,8,10). The molecule has 3 N–H and O–H groups in total. The number of carbonyl (C=O) groups is 2. The third-order valence-corrected chi connectivity index (χ3v) is 2.05. The summed E-state index contributed by atoms with van der Waals surface area (Å²) in [6, 6.07) is 0. The lowest BCUT2D eigenvalue weighted by Gasteiger charge is -2.25. The fraction of sp³-hybridized carbons (Fsp3) is 0.667. The first-order chi connectivity index (χ1) is 5.93. The Balaban J connectivity index is 4.27. The van der Waals surface area contributed by atoms with Crippen molar-refractivity contribution in [1.82, 2.24) is 5.32 Å². The third kappa shape index (κ3) is 4.46. The van der Waals surface area contributed by atoms with Gasteiger partial charge < -0.3 is 20.5 Å². The maximum absolute atomic E-state index is 10.8. The van der Waals surface area contributed by atoms with Crippen molar-refractivity contribution in [2.75, 3.05) is 13.3 Å². The predicted molar refractivity (Wildman–Crippen MR) is 48.1 cm³/mol. The molecule has 0 saturated carbocycles. The molecule has 1 unspecified atom stereocenters. The minimum atomic E-state index is -1.38. The maximum Gasteiger partial charge on any atom is 0.410 e. The van der Waals surface area contributed by atoms with Gasteiger partial charge in [-0.25, -0.2) is 9.59 Å². The van der Waals surface area contributed by atoms with E-state index in [4.69, 9.17) is 10.5 Å². The third-order valence-electron chi connectivity index (χ3n) is 1.14. The van der Waals surface area contributed by atoms with Crippen molar-refractivity contribution in [1.29, 1.82) is 0 Å². The van der Waals surface area contributed by atoms with Crippen molar-refractivity contribution in [3.8, 4) is 0 Å². The Labute approximate surface area is 80.1 Å². The number of rotatable bonds is 3. The van der Waals surface area contributed by atoms with Crippen molar-refractivity contribution in [2.45, 2.75) is 12.0 Å². The van der Waals surface area contributed by atoms with E-state index in [2.05, 4.69) is 10.1 Å². The summed E-state index contributed by atoms with van der Waals surface area (Å²) < 4.78 is 9.32. The molecule has 0 saturated heterocycles. The molecular weight excluding hydrogens is 196 g/mol. The van der Waals surface area contributed by atoms with Crippen LogP contribution in [-0.2, 0) is 9.47 Å². The molecule has 7 heteroatoms. The molecule has 0 aliphatic rings. The van der Waals surface area contributed by atoms with Gasteiger partial charge in [-0.05, 0) is 6.26 Å². The van der Waals surface area contributed by atoms with Gasteiger partial charge in [0, 0.05) is 14.0 Å². The van der Waals surface area contributed by atoms with Gasteiger partial charge in [-0.2, -0.15) is 0 Å². The van der Waals surface area contributed by atoms with Crippen molar-refractivity contribution in [2.24, 2.45) is 5.73 Å². The van der Waals surface area contributed by atoms with Crippen molar-refractivity contribution < 1.29 is 19.1 Å². The number of nitrogens with two attached hydrogens (primary N) is 1. The van der Waals surface area contributed by atoms with Gasteiger partial charge in [-0.15, -0.1) is 0 Å². The zero-order valence-corrected chi connectivity index (χ0v) is 8.44. The first-order valence-corrected chi connectivity index (χ1v) is 4.60. The van der Waals surface area contributed by atoms with Gasteiger partial charge in [0.25, 0.3) is 0 Å². The molecule has 13 heavy (non-hydrogen) atoms. The molecule has 0 radical (unpaired) electrons. The second-order valence-corrected chi connectivity index (χ2v) is 3.28. The van der Waals surface area contributed by atoms with Crippen LogP contribution in [0.5, 0.6) is 0 Å². The summed E-state index contributed by atoms with van der Waals surface area (Å²) in [7, 11) is 1.40. The fourth-order valence-corrected chi connectivity index (χ4v) is 0.831. The van der Waals surface area contributed by atoms with Gasteiger partial charge in [0.05, 0.1) is 0 Å². The Kier molecular flexibility index (Phi) is 4.39. The van der Waals surface area contributed by atoms with Crippen LogP contribution in [-0.4, -0.2) is 30.6 Å². The Bertz CT molecular complexity index is 211. The predicted octanol–water partition coefficient (Wildman–Crippen LogP) is 0.474. The fourth-order valence-electron chi connectivity index (χ4n) is 0.506. The van der Waals surface area contributed by atoms with Gasteiger partial charge >= 0.3 is 17.3 Å². The molecule has 76 valence electrons. The summed E-state index contributed by atoms with van der Waals surface area (Å²) in [4.78, 5) is 21.2. The first kappa shape index (κ1) is 11.9. The van der Waals surface area contributed by atoms with Crippen LogP contribution in [0.2, 0.25) is 0 Å². The van der Waals surface area contributed by atoms with E-state index in [-0.39, 0.29) is 0 Å². The zero-order chi connectivity index (χ0) is 10.5. The van der Waals surface area contributed by atoms with E-state index in [0.717, 1.165) is 11.8 Å². The monoisotopic (exact) mass is 208 g/mol. The SMILES string of the molecule is CNC(=O)OC(C)(OC(N)=O)SC. The average Bonchev–Trinajstić information content (AvgIpc) is 2.02. The molecular formula is C6H12N2O4S. The lowest BCUT2D eigenvalue weighted by Crippen LogP contribution is -2.38. The molecule has 0 heterocycles. The van der Waals surface area contributed by atoms with E-state index < -0.39 is 17.3 Å². The maximum atomic E-state index is 10.8. The number of nitrogens with one attached hydrogen (secondary N) is 1. The molecule has 6 nitrogen and oxygen atoms in total. The molecule has 0 aromatic heterocycles. The summed E-state index contributed by atoms with van der Waals surface area (Å²) in [5, 5.41) is 0.839. The van der Waals surface area contributed by atoms with E-state index >= 15 is 0 Å². The Morgan fingerprint density at radius 1 is 1.46 bits per heavy atom. The van der Waals surface area contributed by atoms with Gasteiger partial charge in [-0.1, -0.05) is 11.8 Å². The molecule has 0 fully saturated rings. The van der Waals surface area contributed by atoms with Crippen LogP contribution in [0.1, 0.15) is 6.92 Å². The van der Waals surface area contributed by atoms with E-state index in [1.54, 1.807) is 6.26 Å². The average molecular weight is 208 g/mol. The Hall–Kier alpha value is -1.11. The summed E-state index contributed by atoms with van der Waals surface area (Å²) in [5.41, 5.74) is 4.79. The van der Waals surface area contributed by atoms with Gasteiger partial charge in [0.1, 0.15) is 0 Å². The molecule has 0 rings (SSSR count). The zero-order valence-electron chi connectivity index (χ0n) is 7.62. The highest BCUT2D eigenvalue weighted by atomic mass is 32.2. The second-order valence-electron chi connectivity index (χ2n) is 2.13.